The minimum absolute atomic E-state index is 0.0608. The molecule has 2 rings (SSSR count). The van der Waals surface area contributed by atoms with Gasteiger partial charge in [0.1, 0.15) is 10.8 Å². The Balaban J connectivity index is 2.22. The number of anilines is 1. The van der Waals surface area contributed by atoms with Crippen molar-refractivity contribution in [2.24, 2.45) is 0 Å². The maximum Gasteiger partial charge on any atom is 0.203 e. The summed E-state index contributed by atoms with van der Waals surface area (Å²) in [4.78, 5) is 4.01. The normalized spacial score (nSPS) is 23.3. The van der Waals surface area contributed by atoms with Crippen LogP contribution in [0.2, 0.25) is 0 Å². The summed E-state index contributed by atoms with van der Waals surface area (Å²) in [6.45, 7) is 0.814. The standard InChI is InChI=1S/C8H12BrN3O/c9-6-5-11-8(10)12(6)7-3-1-2-4-13-7/h5,7H,1-4H2,(H2,10,11). The predicted octanol–water partition coefficient (Wildman–Crippen LogP) is 1.93. The second kappa shape index (κ2) is 3.67. The molecule has 0 aliphatic carbocycles. The zero-order chi connectivity index (χ0) is 9.26. The number of nitrogens with zero attached hydrogens (tertiary/aromatic N) is 2. The first-order valence-corrected chi connectivity index (χ1v) is 5.18. The average Bonchev–Trinajstić information content (AvgIpc) is 2.48. The van der Waals surface area contributed by atoms with Crippen LogP contribution in [0.4, 0.5) is 5.95 Å². The largest absolute Gasteiger partial charge is 0.369 e. The van der Waals surface area contributed by atoms with Crippen LogP contribution >= 0.6 is 15.9 Å². The summed E-state index contributed by atoms with van der Waals surface area (Å²) in [5, 5.41) is 0. The van der Waals surface area contributed by atoms with Gasteiger partial charge in [-0.05, 0) is 35.2 Å². The molecular formula is C8H12BrN3O. The van der Waals surface area contributed by atoms with Gasteiger partial charge in [0.15, 0.2) is 0 Å². The quantitative estimate of drug-likeness (QED) is 0.823. The number of hydrogen-bond acceptors (Lipinski definition) is 3. The zero-order valence-corrected chi connectivity index (χ0v) is 8.83. The smallest absolute Gasteiger partial charge is 0.203 e. The first-order chi connectivity index (χ1) is 6.29. The zero-order valence-electron chi connectivity index (χ0n) is 7.24. The molecule has 0 saturated carbocycles. The van der Waals surface area contributed by atoms with Gasteiger partial charge in [0.2, 0.25) is 5.95 Å². The van der Waals surface area contributed by atoms with E-state index < -0.39 is 0 Å². The first-order valence-electron chi connectivity index (χ1n) is 4.39. The summed E-state index contributed by atoms with van der Waals surface area (Å²) in [5.74, 6) is 0.513. The van der Waals surface area contributed by atoms with E-state index in [1.54, 1.807) is 6.20 Å². The van der Waals surface area contributed by atoms with Crippen LogP contribution in [0.25, 0.3) is 0 Å². The van der Waals surface area contributed by atoms with Gasteiger partial charge in [-0.1, -0.05) is 0 Å². The second-order valence-electron chi connectivity index (χ2n) is 3.13. The molecule has 1 aliphatic heterocycles. The molecule has 0 amide bonds. The third kappa shape index (κ3) is 1.71. The van der Waals surface area contributed by atoms with Gasteiger partial charge >= 0.3 is 0 Å². The molecule has 13 heavy (non-hydrogen) atoms. The molecule has 2 heterocycles. The van der Waals surface area contributed by atoms with Gasteiger partial charge in [0.05, 0.1) is 6.20 Å². The Morgan fingerprint density at radius 3 is 3.00 bits per heavy atom. The summed E-state index contributed by atoms with van der Waals surface area (Å²) in [6.07, 6.45) is 5.11. The van der Waals surface area contributed by atoms with E-state index in [1.165, 1.54) is 6.42 Å². The van der Waals surface area contributed by atoms with Crippen LogP contribution in [0.3, 0.4) is 0 Å². The Hall–Kier alpha value is -0.550. The molecule has 0 radical (unpaired) electrons. The summed E-state index contributed by atoms with van der Waals surface area (Å²) >= 11 is 3.39. The van der Waals surface area contributed by atoms with Crippen LogP contribution in [-0.2, 0) is 4.74 Å². The predicted molar refractivity (Wildman–Crippen MR) is 53.2 cm³/mol. The summed E-state index contributed by atoms with van der Waals surface area (Å²) in [6, 6.07) is 0. The van der Waals surface area contributed by atoms with E-state index in [1.807, 2.05) is 4.57 Å². The molecule has 1 saturated heterocycles. The molecule has 72 valence electrons. The van der Waals surface area contributed by atoms with E-state index in [9.17, 15) is 0 Å². The van der Waals surface area contributed by atoms with Crippen molar-refractivity contribution in [1.29, 1.82) is 0 Å². The van der Waals surface area contributed by atoms with E-state index >= 15 is 0 Å². The van der Waals surface area contributed by atoms with Crippen molar-refractivity contribution in [3.8, 4) is 0 Å². The van der Waals surface area contributed by atoms with Crippen molar-refractivity contribution in [3.63, 3.8) is 0 Å². The average molecular weight is 246 g/mol. The van der Waals surface area contributed by atoms with Crippen LogP contribution in [0.5, 0.6) is 0 Å². The van der Waals surface area contributed by atoms with Gasteiger partial charge in [0.25, 0.3) is 0 Å². The van der Waals surface area contributed by atoms with Gasteiger partial charge in [0, 0.05) is 6.61 Å². The summed E-state index contributed by atoms with van der Waals surface area (Å²) < 4.78 is 8.37. The molecule has 1 aliphatic rings. The van der Waals surface area contributed by atoms with E-state index in [0.29, 0.717) is 5.95 Å². The highest BCUT2D eigenvalue weighted by Gasteiger charge is 2.19. The van der Waals surface area contributed by atoms with E-state index in [4.69, 9.17) is 10.5 Å². The van der Waals surface area contributed by atoms with Gasteiger partial charge < -0.3 is 10.5 Å². The van der Waals surface area contributed by atoms with Crippen LogP contribution in [0.15, 0.2) is 10.8 Å². The molecule has 2 N–H and O–H groups in total. The van der Waals surface area contributed by atoms with Gasteiger partial charge in [-0.2, -0.15) is 0 Å². The fourth-order valence-electron chi connectivity index (χ4n) is 1.57. The maximum atomic E-state index is 5.71. The Kier molecular flexibility index (Phi) is 2.55. The van der Waals surface area contributed by atoms with Crippen molar-refractivity contribution in [2.75, 3.05) is 12.3 Å². The molecular weight excluding hydrogens is 234 g/mol. The number of ether oxygens (including phenoxy) is 1. The van der Waals surface area contributed by atoms with Crippen molar-refractivity contribution in [3.05, 3.63) is 10.8 Å². The van der Waals surface area contributed by atoms with E-state index in [-0.39, 0.29) is 6.23 Å². The number of hydrogen-bond donors (Lipinski definition) is 1. The SMILES string of the molecule is Nc1ncc(Br)n1C1CCCCO1. The van der Waals surface area contributed by atoms with Crippen molar-refractivity contribution >= 4 is 21.9 Å². The minimum atomic E-state index is 0.0608. The summed E-state index contributed by atoms with van der Waals surface area (Å²) in [5.41, 5.74) is 5.71. The van der Waals surface area contributed by atoms with Crippen LogP contribution in [0.1, 0.15) is 25.5 Å². The molecule has 1 fully saturated rings. The highest BCUT2D eigenvalue weighted by atomic mass is 79.9. The van der Waals surface area contributed by atoms with Crippen LogP contribution < -0.4 is 5.73 Å². The lowest BCUT2D eigenvalue weighted by molar-refractivity contribution is -0.0318. The molecule has 4 nitrogen and oxygen atoms in total. The lowest BCUT2D eigenvalue weighted by Gasteiger charge is -2.24. The lowest BCUT2D eigenvalue weighted by atomic mass is 10.2. The number of imidazole rings is 1. The molecule has 0 aromatic carbocycles. The third-order valence-corrected chi connectivity index (χ3v) is 2.81. The Morgan fingerprint density at radius 1 is 1.62 bits per heavy atom. The van der Waals surface area contributed by atoms with Crippen LogP contribution in [0, 0.1) is 0 Å². The lowest BCUT2D eigenvalue weighted by Crippen LogP contribution is -2.19. The molecule has 1 aromatic heterocycles. The number of nitrogens with two attached hydrogens (primary N) is 1. The number of aromatic nitrogens is 2. The first kappa shape index (κ1) is 9.02. The fourth-order valence-corrected chi connectivity index (χ4v) is 2.08. The van der Waals surface area contributed by atoms with Gasteiger partial charge in [-0.15, -0.1) is 0 Å². The van der Waals surface area contributed by atoms with Crippen molar-refractivity contribution in [2.45, 2.75) is 25.5 Å². The molecule has 0 bridgehead atoms. The topological polar surface area (TPSA) is 53.1 Å². The summed E-state index contributed by atoms with van der Waals surface area (Å²) in [7, 11) is 0. The molecule has 5 heteroatoms. The van der Waals surface area contributed by atoms with Crippen LogP contribution in [-0.4, -0.2) is 16.2 Å². The Labute approximate surface area is 85.2 Å². The second-order valence-corrected chi connectivity index (χ2v) is 3.94. The van der Waals surface area contributed by atoms with E-state index in [0.717, 1.165) is 24.1 Å². The van der Waals surface area contributed by atoms with Crippen molar-refractivity contribution < 1.29 is 4.74 Å². The van der Waals surface area contributed by atoms with Crippen molar-refractivity contribution in [1.82, 2.24) is 9.55 Å². The molecule has 1 atom stereocenters. The third-order valence-electron chi connectivity index (χ3n) is 2.22. The monoisotopic (exact) mass is 245 g/mol. The maximum absolute atomic E-state index is 5.71. The molecule has 0 spiro atoms. The highest BCUT2D eigenvalue weighted by molar-refractivity contribution is 9.10. The molecule has 1 unspecified atom stereocenters. The Bertz CT molecular complexity index is 274. The Morgan fingerprint density at radius 2 is 2.46 bits per heavy atom. The highest BCUT2D eigenvalue weighted by Crippen LogP contribution is 2.28. The minimum Gasteiger partial charge on any atom is -0.369 e. The van der Waals surface area contributed by atoms with E-state index in [2.05, 4.69) is 20.9 Å². The molecule has 1 aromatic rings. The number of nitrogen functional groups attached to an aromatic ring is 1. The number of rotatable bonds is 1. The fraction of sp³-hybridized carbons (Fsp3) is 0.625. The number of halogens is 1. The van der Waals surface area contributed by atoms with Gasteiger partial charge in [-0.3, -0.25) is 4.57 Å². The van der Waals surface area contributed by atoms with Gasteiger partial charge in [-0.25, -0.2) is 4.98 Å².